The average molecular weight is 280 g/mol. The predicted molar refractivity (Wildman–Crippen MR) is 79.7 cm³/mol. The Labute approximate surface area is 120 Å². The van der Waals surface area contributed by atoms with Crippen molar-refractivity contribution in [2.75, 3.05) is 6.54 Å². The summed E-state index contributed by atoms with van der Waals surface area (Å²) in [5, 5.41) is 2.99. The molecular formula is C16H25FN2O. The molecule has 2 atom stereocenters. The van der Waals surface area contributed by atoms with Gasteiger partial charge in [0, 0.05) is 12.6 Å². The Bertz CT molecular complexity index is 417. The van der Waals surface area contributed by atoms with Crippen molar-refractivity contribution in [2.24, 2.45) is 17.6 Å². The van der Waals surface area contributed by atoms with Crippen LogP contribution in [0.4, 0.5) is 4.39 Å². The molecule has 1 rings (SSSR count). The first-order valence-corrected chi connectivity index (χ1v) is 7.17. The van der Waals surface area contributed by atoms with Crippen LogP contribution < -0.4 is 11.1 Å². The molecule has 4 heteroatoms. The number of carbonyl (C=O) groups is 1. The largest absolute Gasteiger partial charge is 0.353 e. The number of hydrogen-bond acceptors (Lipinski definition) is 2. The van der Waals surface area contributed by atoms with E-state index in [0.717, 1.165) is 12.0 Å². The van der Waals surface area contributed by atoms with Gasteiger partial charge in [0.1, 0.15) is 5.82 Å². The standard InChI is InChI=1S/C16H25FN2O/c1-11(2)8-14(10-18)16(20)19-12(3)9-13-4-6-15(17)7-5-13/h4-7,11-12,14H,8-10,18H2,1-3H3,(H,19,20). The second kappa shape index (κ2) is 8.00. The Kier molecular flexibility index (Phi) is 6.65. The fourth-order valence-corrected chi connectivity index (χ4v) is 2.27. The second-order valence-electron chi connectivity index (χ2n) is 5.80. The van der Waals surface area contributed by atoms with Gasteiger partial charge in [0.25, 0.3) is 0 Å². The van der Waals surface area contributed by atoms with Gasteiger partial charge in [-0.2, -0.15) is 0 Å². The average Bonchev–Trinajstić information content (AvgIpc) is 2.38. The highest BCUT2D eigenvalue weighted by Gasteiger charge is 2.19. The molecule has 1 amide bonds. The van der Waals surface area contributed by atoms with Crippen molar-refractivity contribution < 1.29 is 9.18 Å². The number of rotatable bonds is 7. The number of amides is 1. The Morgan fingerprint density at radius 3 is 2.35 bits per heavy atom. The Morgan fingerprint density at radius 1 is 1.25 bits per heavy atom. The van der Waals surface area contributed by atoms with Gasteiger partial charge >= 0.3 is 0 Å². The molecule has 0 saturated heterocycles. The molecule has 0 spiro atoms. The Balaban J connectivity index is 2.50. The number of hydrogen-bond donors (Lipinski definition) is 2. The van der Waals surface area contributed by atoms with Gasteiger partial charge in [0.05, 0.1) is 5.92 Å². The zero-order chi connectivity index (χ0) is 15.1. The van der Waals surface area contributed by atoms with E-state index in [2.05, 4.69) is 19.2 Å². The SMILES string of the molecule is CC(C)CC(CN)C(=O)NC(C)Cc1ccc(F)cc1. The minimum atomic E-state index is -0.245. The normalized spacial score (nSPS) is 14.1. The second-order valence-corrected chi connectivity index (χ2v) is 5.80. The van der Waals surface area contributed by atoms with E-state index in [4.69, 9.17) is 5.73 Å². The molecule has 20 heavy (non-hydrogen) atoms. The molecule has 1 aromatic rings. The van der Waals surface area contributed by atoms with E-state index in [1.165, 1.54) is 12.1 Å². The van der Waals surface area contributed by atoms with Crippen LogP contribution in [0.15, 0.2) is 24.3 Å². The van der Waals surface area contributed by atoms with E-state index < -0.39 is 0 Å². The Morgan fingerprint density at radius 2 is 1.85 bits per heavy atom. The van der Waals surface area contributed by atoms with Gasteiger partial charge in [-0.25, -0.2) is 4.39 Å². The van der Waals surface area contributed by atoms with E-state index in [1.807, 2.05) is 6.92 Å². The summed E-state index contributed by atoms with van der Waals surface area (Å²) in [5.41, 5.74) is 6.67. The highest BCUT2D eigenvalue weighted by atomic mass is 19.1. The van der Waals surface area contributed by atoms with Crippen molar-refractivity contribution in [3.63, 3.8) is 0 Å². The summed E-state index contributed by atoms with van der Waals surface area (Å²) in [6, 6.07) is 6.37. The van der Waals surface area contributed by atoms with E-state index in [1.54, 1.807) is 12.1 Å². The zero-order valence-corrected chi connectivity index (χ0v) is 12.5. The molecule has 2 unspecified atom stereocenters. The van der Waals surface area contributed by atoms with Crippen molar-refractivity contribution in [3.8, 4) is 0 Å². The highest BCUT2D eigenvalue weighted by molar-refractivity contribution is 5.79. The maximum absolute atomic E-state index is 12.8. The molecule has 3 nitrogen and oxygen atoms in total. The predicted octanol–water partition coefficient (Wildman–Crippen LogP) is 2.49. The Hall–Kier alpha value is -1.42. The number of benzene rings is 1. The summed E-state index contributed by atoms with van der Waals surface area (Å²) in [4.78, 5) is 12.1. The van der Waals surface area contributed by atoms with Crippen LogP contribution in [0.3, 0.4) is 0 Å². The third-order valence-corrected chi connectivity index (χ3v) is 3.26. The first kappa shape index (κ1) is 16.6. The van der Waals surface area contributed by atoms with Crippen molar-refractivity contribution >= 4 is 5.91 Å². The third kappa shape index (κ3) is 5.70. The summed E-state index contributed by atoms with van der Waals surface area (Å²) < 4.78 is 12.8. The van der Waals surface area contributed by atoms with Crippen LogP contribution in [0, 0.1) is 17.7 Å². The monoisotopic (exact) mass is 280 g/mol. The lowest BCUT2D eigenvalue weighted by atomic mass is 9.96. The van der Waals surface area contributed by atoms with Crippen LogP contribution in [-0.4, -0.2) is 18.5 Å². The summed E-state index contributed by atoms with van der Waals surface area (Å²) in [6.07, 6.45) is 1.48. The third-order valence-electron chi connectivity index (χ3n) is 3.26. The van der Waals surface area contributed by atoms with Crippen LogP contribution in [0.25, 0.3) is 0 Å². The highest BCUT2D eigenvalue weighted by Crippen LogP contribution is 2.12. The number of halogens is 1. The molecule has 3 N–H and O–H groups in total. The fourth-order valence-electron chi connectivity index (χ4n) is 2.27. The fraction of sp³-hybridized carbons (Fsp3) is 0.562. The first-order chi connectivity index (χ1) is 9.42. The molecule has 0 radical (unpaired) electrons. The number of carbonyl (C=O) groups excluding carboxylic acids is 1. The molecule has 0 saturated carbocycles. The molecule has 1 aromatic carbocycles. The number of nitrogens with two attached hydrogens (primary N) is 1. The van der Waals surface area contributed by atoms with E-state index in [9.17, 15) is 9.18 Å². The zero-order valence-electron chi connectivity index (χ0n) is 12.5. The maximum Gasteiger partial charge on any atom is 0.224 e. The molecule has 0 aliphatic rings. The lowest BCUT2D eigenvalue weighted by Crippen LogP contribution is -2.41. The van der Waals surface area contributed by atoms with Crippen molar-refractivity contribution in [1.82, 2.24) is 5.32 Å². The number of nitrogens with one attached hydrogen (secondary N) is 1. The van der Waals surface area contributed by atoms with Gasteiger partial charge in [-0.05, 0) is 43.4 Å². The molecule has 0 aromatic heterocycles. The lowest BCUT2D eigenvalue weighted by Gasteiger charge is -2.20. The van der Waals surface area contributed by atoms with Crippen LogP contribution in [0.5, 0.6) is 0 Å². The van der Waals surface area contributed by atoms with Crippen LogP contribution >= 0.6 is 0 Å². The topological polar surface area (TPSA) is 55.1 Å². The molecule has 0 bridgehead atoms. The summed E-state index contributed by atoms with van der Waals surface area (Å²) >= 11 is 0. The molecule has 112 valence electrons. The van der Waals surface area contributed by atoms with Crippen LogP contribution in [0.2, 0.25) is 0 Å². The van der Waals surface area contributed by atoms with Gasteiger partial charge in [-0.3, -0.25) is 4.79 Å². The van der Waals surface area contributed by atoms with Crippen molar-refractivity contribution in [1.29, 1.82) is 0 Å². The smallest absolute Gasteiger partial charge is 0.224 e. The van der Waals surface area contributed by atoms with Crippen molar-refractivity contribution in [3.05, 3.63) is 35.6 Å². The maximum atomic E-state index is 12.8. The minimum absolute atomic E-state index is 0.00849. The van der Waals surface area contributed by atoms with Gasteiger partial charge in [-0.15, -0.1) is 0 Å². The van der Waals surface area contributed by atoms with Crippen molar-refractivity contribution in [2.45, 2.75) is 39.7 Å². The van der Waals surface area contributed by atoms with Crippen LogP contribution in [0.1, 0.15) is 32.8 Å². The van der Waals surface area contributed by atoms with E-state index >= 15 is 0 Å². The summed E-state index contributed by atoms with van der Waals surface area (Å²) in [6.45, 7) is 6.48. The molecule has 0 aliphatic heterocycles. The van der Waals surface area contributed by atoms with Gasteiger partial charge in [0.2, 0.25) is 5.91 Å². The van der Waals surface area contributed by atoms with Gasteiger partial charge in [0.15, 0.2) is 0 Å². The van der Waals surface area contributed by atoms with Gasteiger partial charge < -0.3 is 11.1 Å². The molecule has 0 fully saturated rings. The molecular weight excluding hydrogens is 255 g/mol. The van der Waals surface area contributed by atoms with Gasteiger partial charge in [-0.1, -0.05) is 26.0 Å². The van der Waals surface area contributed by atoms with Crippen LogP contribution in [-0.2, 0) is 11.2 Å². The summed E-state index contributed by atoms with van der Waals surface area (Å²) in [5.74, 6) is 0.0775. The quantitative estimate of drug-likeness (QED) is 0.806. The first-order valence-electron chi connectivity index (χ1n) is 7.17. The molecule has 0 heterocycles. The summed E-state index contributed by atoms with van der Waals surface area (Å²) in [7, 11) is 0. The lowest BCUT2D eigenvalue weighted by molar-refractivity contribution is -0.125. The van der Waals surface area contributed by atoms with E-state index in [-0.39, 0.29) is 23.7 Å². The molecule has 0 aliphatic carbocycles. The minimum Gasteiger partial charge on any atom is -0.353 e. The van der Waals surface area contributed by atoms with E-state index in [0.29, 0.717) is 18.9 Å².